The van der Waals surface area contributed by atoms with Gasteiger partial charge < -0.3 is 14.8 Å². The maximum absolute atomic E-state index is 4.78. The maximum Gasteiger partial charge on any atom is 0.194 e. The zero-order chi connectivity index (χ0) is 19.1. The van der Waals surface area contributed by atoms with Crippen molar-refractivity contribution in [2.24, 2.45) is 12.0 Å². The molecule has 1 N–H and O–H groups in total. The Morgan fingerprint density at radius 2 is 1.93 bits per heavy atom. The minimum Gasteiger partial charge on any atom is -0.357 e. The molecule has 6 nitrogen and oxygen atoms in total. The fraction of sp³-hybridized carbons (Fsp3) is 0.333. The minimum atomic E-state index is 0. The van der Waals surface area contributed by atoms with Crippen LogP contribution in [0.25, 0.3) is 0 Å². The molecule has 28 heavy (non-hydrogen) atoms. The number of nitrogens with zero attached hydrogens (tertiary/aromatic N) is 5. The van der Waals surface area contributed by atoms with E-state index >= 15 is 0 Å². The van der Waals surface area contributed by atoms with Crippen molar-refractivity contribution >= 4 is 29.9 Å². The van der Waals surface area contributed by atoms with Gasteiger partial charge in [-0.15, -0.1) is 24.0 Å². The van der Waals surface area contributed by atoms with Gasteiger partial charge in [0.25, 0.3) is 0 Å². The number of aromatic nitrogens is 3. The fourth-order valence-corrected chi connectivity index (χ4v) is 2.96. The summed E-state index contributed by atoms with van der Waals surface area (Å²) in [5.74, 6) is 0.898. The van der Waals surface area contributed by atoms with Crippen molar-refractivity contribution < 1.29 is 0 Å². The van der Waals surface area contributed by atoms with E-state index in [1.807, 2.05) is 16.9 Å². The highest BCUT2D eigenvalue weighted by Gasteiger charge is 2.08. The van der Waals surface area contributed by atoms with Gasteiger partial charge in [-0.25, -0.2) is 4.99 Å². The summed E-state index contributed by atoms with van der Waals surface area (Å²) in [6.45, 7) is 5.11. The quantitative estimate of drug-likeness (QED) is 0.312. The lowest BCUT2D eigenvalue weighted by Gasteiger charge is -2.22. The lowest BCUT2D eigenvalue weighted by molar-refractivity contribution is 0.462. The minimum absolute atomic E-state index is 0. The molecule has 2 heterocycles. The van der Waals surface area contributed by atoms with E-state index in [-0.39, 0.29) is 24.0 Å². The van der Waals surface area contributed by atoms with Crippen molar-refractivity contribution in [2.75, 3.05) is 13.6 Å². The van der Waals surface area contributed by atoms with Crippen LogP contribution in [0.15, 0.2) is 66.0 Å². The van der Waals surface area contributed by atoms with Crippen molar-refractivity contribution in [1.82, 2.24) is 24.6 Å². The summed E-state index contributed by atoms with van der Waals surface area (Å²) in [5.41, 5.74) is 3.60. The second-order valence-electron chi connectivity index (χ2n) is 6.67. The largest absolute Gasteiger partial charge is 0.357 e. The van der Waals surface area contributed by atoms with Gasteiger partial charge in [-0.3, -0.25) is 4.68 Å². The fourth-order valence-electron chi connectivity index (χ4n) is 2.96. The first kappa shape index (κ1) is 22.0. The van der Waals surface area contributed by atoms with Crippen LogP contribution < -0.4 is 5.32 Å². The molecule has 0 aliphatic rings. The lowest BCUT2D eigenvalue weighted by Crippen LogP contribution is -2.38. The van der Waals surface area contributed by atoms with Crippen LogP contribution in [0.2, 0.25) is 0 Å². The highest BCUT2D eigenvalue weighted by molar-refractivity contribution is 14.0. The highest BCUT2D eigenvalue weighted by atomic mass is 127. The standard InChI is InChI=1S/C21H28N6.HI/c1-4-22-21(26(3)17-20-11-8-12-25(20)2)23-13-19-14-24-27(16-19)15-18-9-6-5-7-10-18;/h5-12,14,16H,4,13,15,17H2,1-3H3,(H,22,23);1H. The smallest absolute Gasteiger partial charge is 0.194 e. The van der Waals surface area contributed by atoms with Gasteiger partial charge in [-0.05, 0) is 24.6 Å². The number of nitrogens with one attached hydrogen (secondary N) is 1. The van der Waals surface area contributed by atoms with Gasteiger partial charge >= 0.3 is 0 Å². The van der Waals surface area contributed by atoms with Crippen LogP contribution in [-0.2, 0) is 26.7 Å². The first-order chi connectivity index (χ1) is 13.2. The second-order valence-corrected chi connectivity index (χ2v) is 6.67. The van der Waals surface area contributed by atoms with E-state index in [0.29, 0.717) is 6.54 Å². The molecule has 1 aromatic carbocycles. The van der Waals surface area contributed by atoms with Gasteiger partial charge in [-0.1, -0.05) is 30.3 Å². The molecule has 0 spiro atoms. The summed E-state index contributed by atoms with van der Waals surface area (Å²) in [6, 6.07) is 14.6. The molecule has 0 saturated heterocycles. The Morgan fingerprint density at radius 1 is 1.14 bits per heavy atom. The number of aryl methyl sites for hydroxylation is 1. The molecule has 3 rings (SSSR count). The van der Waals surface area contributed by atoms with E-state index in [0.717, 1.165) is 31.2 Å². The van der Waals surface area contributed by atoms with E-state index in [2.05, 4.69) is 89.7 Å². The van der Waals surface area contributed by atoms with Gasteiger partial charge in [0.15, 0.2) is 5.96 Å². The van der Waals surface area contributed by atoms with E-state index in [9.17, 15) is 0 Å². The van der Waals surface area contributed by atoms with Crippen molar-refractivity contribution in [2.45, 2.75) is 26.6 Å². The van der Waals surface area contributed by atoms with Gasteiger partial charge in [-0.2, -0.15) is 5.10 Å². The number of aliphatic imine (C=N–C) groups is 1. The number of hydrogen-bond acceptors (Lipinski definition) is 2. The third-order valence-corrected chi connectivity index (χ3v) is 4.43. The predicted octanol–water partition coefficient (Wildman–Crippen LogP) is 3.49. The number of hydrogen-bond donors (Lipinski definition) is 1. The topological polar surface area (TPSA) is 50.4 Å². The van der Waals surface area contributed by atoms with Crippen LogP contribution in [0.1, 0.15) is 23.7 Å². The van der Waals surface area contributed by atoms with Crippen molar-refractivity contribution in [3.63, 3.8) is 0 Å². The van der Waals surface area contributed by atoms with Crippen LogP contribution in [0, 0.1) is 0 Å². The zero-order valence-electron chi connectivity index (χ0n) is 16.7. The number of rotatable bonds is 7. The summed E-state index contributed by atoms with van der Waals surface area (Å²) in [6.07, 6.45) is 6.03. The lowest BCUT2D eigenvalue weighted by atomic mass is 10.2. The summed E-state index contributed by atoms with van der Waals surface area (Å²) < 4.78 is 4.09. The number of guanidine groups is 1. The Hall–Kier alpha value is -2.29. The van der Waals surface area contributed by atoms with Crippen molar-refractivity contribution in [3.05, 3.63) is 77.9 Å². The molecular formula is C21H29IN6. The third-order valence-electron chi connectivity index (χ3n) is 4.43. The van der Waals surface area contributed by atoms with Gasteiger partial charge in [0.05, 0.1) is 25.8 Å². The molecule has 0 aliphatic heterocycles. The molecule has 0 fully saturated rings. The Bertz CT molecular complexity index is 868. The normalized spacial score (nSPS) is 11.2. The van der Waals surface area contributed by atoms with Crippen LogP contribution >= 0.6 is 24.0 Å². The second kappa shape index (κ2) is 10.9. The Balaban J connectivity index is 0.00000280. The highest BCUT2D eigenvalue weighted by Crippen LogP contribution is 2.07. The number of halogens is 1. The maximum atomic E-state index is 4.78. The molecule has 0 unspecified atom stereocenters. The van der Waals surface area contributed by atoms with Crippen molar-refractivity contribution in [1.29, 1.82) is 0 Å². The van der Waals surface area contributed by atoms with E-state index < -0.39 is 0 Å². The van der Waals surface area contributed by atoms with E-state index in [1.54, 1.807) is 0 Å². The molecule has 0 bridgehead atoms. The Labute approximate surface area is 184 Å². The number of benzene rings is 1. The molecule has 0 atom stereocenters. The molecule has 3 aromatic rings. The molecule has 0 amide bonds. The van der Waals surface area contributed by atoms with Gasteiger partial charge in [0.2, 0.25) is 0 Å². The van der Waals surface area contributed by atoms with Crippen LogP contribution in [0.5, 0.6) is 0 Å². The average Bonchev–Trinajstić information content (AvgIpc) is 3.28. The molecule has 2 aromatic heterocycles. The SMILES string of the molecule is CCNC(=NCc1cnn(Cc2ccccc2)c1)N(C)Cc1cccn1C.I. The predicted molar refractivity (Wildman–Crippen MR) is 125 cm³/mol. The van der Waals surface area contributed by atoms with E-state index in [1.165, 1.54) is 11.3 Å². The molecular weight excluding hydrogens is 463 g/mol. The molecule has 0 saturated carbocycles. The van der Waals surface area contributed by atoms with Crippen LogP contribution in [0.3, 0.4) is 0 Å². The Kier molecular flexibility index (Phi) is 8.56. The summed E-state index contributed by atoms with van der Waals surface area (Å²) in [5, 5.41) is 7.83. The summed E-state index contributed by atoms with van der Waals surface area (Å²) in [7, 11) is 4.13. The molecule has 0 radical (unpaired) electrons. The van der Waals surface area contributed by atoms with E-state index in [4.69, 9.17) is 4.99 Å². The summed E-state index contributed by atoms with van der Waals surface area (Å²) in [4.78, 5) is 6.93. The summed E-state index contributed by atoms with van der Waals surface area (Å²) >= 11 is 0. The first-order valence-corrected chi connectivity index (χ1v) is 9.30. The van der Waals surface area contributed by atoms with Crippen LogP contribution in [-0.4, -0.2) is 38.8 Å². The zero-order valence-corrected chi connectivity index (χ0v) is 19.1. The van der Waals surface area contributed by atoms with Crippen molar-refractivity contribution in [3.8, 4) is 0 Å². The van der Waals surface area contributed by atoms with Gasteiger partial charge in [0.1, 0.15) is 0 Å². The molecule has 150 valence electrons. The Morgan fingerprint density at radius 3 is 2.61 bits per heavy atom. The third kappa shape index (κ3) is 6.12. The monoisotopic (exact) mass is 492 g/mol. The molecule has 0 aliphatic carbocycles. The molecule has 7 heteroatoms. The van der Waals surface area contributed by atoms with Gasteiger partial charge in [0, 0.05) is 44.3 Å². The first-order valence-electron chi connectivity index (χ1n) is 9.30. The van der Waals surface area contributed by atoms with Crippen LogP contribution in [0.4, 0.5) is 0 Å². The average molecular weight is 492 g/mol.